The number of hydrogen-bond acceptors (Lipinski definition) is 0. The van der Waals surface area contributed by atoms with E-state index in [0.29, 0.717) is 0 Å². The van der Waals surface area contributed by atoms with Gasteiger partial charge in [0.25, 0.3) is 0 Å². The van der Waals surface area contributed by atoms with E-state index in [1.807, 2.05) is 12.1 Å². The maximum atomic E-state index is 13.1. The van der Waals surface area contributed by atoms with Gasteiger partial charge in [-0.1, -0.05) is 56.2 Å². The molecule has 2 saturated carbocycles. The third-order valence-corrected chi connectivity index (χ3v) is 6.86. The van der Waals surface area contributed by atoms with Gasteiger partial charge in [0, 0.05) is 0 Å². The van der Waals surface area contributed by atoms with Gasteiger partial charge in [0.2, 0.25) is 0 Å². The SMILES string of the molecule is CCC1CCC2CC(c3ccc(-c4ccc(F)cc4)cc3)CCC2C1. The van der Waals surface area contributed by atoms with E-state index in [1.54, 1.807) is 0 Å². The molecule has 0 saturated heterocycles. The zero-order valence-corrected chi connectivity index (χ0v) is 15.3. The average molecular weight is 336 g/mol. The molecule has 0 aliphatic heterocycles. The molecule has 2 aromatic carbocycles. The molecule has 25 heavy (non-hydrogen) atoms. The van der Waals surface area contributed by atoms with E-state index in [0.717, 1.165) is 29.2 Å². The highest BCUT2D eigenvalue weighted by atomic mass is 19.1. The monoisotopic (exact) mass is 336 g/mol. The molecule has 0 amide bonds. The summed E-state index contributed by atoms with van der Waals surface area (Å²) in [6.45, 7) is 2.36. The van der Waals surface area contributed by atoms with Crippen LogP contribution >= 0.6 is 0 Å². The minimum atomic E-state index is -0.171. The number of rotatable bonds is 3. The van der Waals surface area contributed by atoms with Crippen molar-refractivity contribution in [3.63, 3.8) is 0 Å². The zero-order chi connectivity index (χ0) is 17.2. The van der Waals surface area contributed by atoms with Crippen LogP contribution in [0.2, 0.25) is 0 Å². The Balaban J connectivity index is 1.43. The van der Waals surface area contributed by atoms with Crippen LogP contribution < -0.4 is 0 Å². The van der Waals surface area contributed by atoms with Crippen molar-refractivity contribution in [2.45, 2.75) is 57.8 Å². The predicted octanol–water partition coefficient (Wildman–Crippen LogP) is 7.20. The summed E-state index contributed by atoms with van der Waals surface area (Å²) in [7, 11) is 0. The van der Waals surface area contributed by atoms with Gasteiger partial charge in [-0.25, -0.2) is 4.39 Å². The highest BCUT2D eigenvalue weighted by Gasteiger charge is 2.35. The van der Waals surface area contributed by atoms with Gasteiger partial charge in [0.05, 0.1) is 0 Å². The third-order valence-electron chi connectivity index (χ3n) is 6.86. The normalized spacial score (nSPS) is 29.2. The second-order valence-corrected chi connectivity index (χ2v) is 8.25. The van der Waals surface area contributed by atoms with Gasteiger partial charge in [0.15, 0.2) is 0 Å². The van der Waals surface area contributed by atoms with E-state index >= 15 is 0 Å². The Morgan fingerprint density at radius 2 is 1.36 bits per heavy atom. The number of benzene rings is 2. The van der Waals surface area contributed by atoms with Crippen LogP contribution in [0.1, 0.15) is 63.4 Å². The molecule has 0 nitrogen and oxygen atoms in total. The average Bonchev–Trinajstić information content (AvgIpc) is 2.68. The summed E-state index contributed by atoms with van der Waals surface area (Å²) in [4.78, 5) is 0. The van der Waals surface area contributed by atoms with Crippen LogP contribution in [0.15, 0.2) is 48.5 Å². The third kappa shape index (κ3) is 3.66. The van der Waals surface area contributed by atoms with Gasteiger partial charge in [-0.15, -0.1) is 0 Å². The molecular formula is C24H29F. The Kier molecular flexibility index (Phi) is 4.92. The highest BCUT2D eigenvalue weighted by Crippen LogP contribution is 2.48. The quantitative estimate of drug-likeness (QED) is 0.556. The molecule has 1 heteroatoms. The Hall–Kier alpha value is -1.63. The van der Waals surface area contributed by atoms with Crippen molar-refractivity contribution < 1.29 is 4.39 Å². The molecule has 132 valence electrons. The first-order valence-electron chi connectivity index (χ1n) is 10.1. The van der Waals surface area contributed by atoms with E-state index < -0.39 is 0 Å². The summed E-state index contributed by atoms with van der Waals surface area (Å²) in [5.74, 6) is 3.51. The molecule has 4 atom stereocenters. The maximum Gasteiger partial charge on any atom is 0.123 e. The van der Waals surface area contributed by atoms with Crippen molar-refractivity contribution in [1.82, 2.24) is 0 Å². The fraction of sp³-hybridized carbons (Fsp3) is 0.500. The maximum absolute atomic E-state index is 13.1. The summed E-state index contributed by atoms with van der Waals surface area (Å²) < 4.78 is 13.1. The molecule has 2 fully saturated rings. The second-order valence-electron chi connectivity index (χ2n) is 8.25. The molecule has 4 rings (SSSR count). The summed E-state index contributed by atoms with van der Waals surface area (Å²) in [6.07, 6.45) is 9.92. The van der Waals surface area contributed by atoms with E-state index in [9.17, 15) is 4.39 Å². The molecule has 2 aliphatic carbocycles. The fourth-order valence-electron chi connectivity index (χ4n) is 5.25. The van der Waals surface area contributed by atoms with Crippen LogP contribution in [0, 0.1) is 23.6 Å². The van der Waals surface area contributed by atoms with Gasteiger partial charge in [-0.2, -0.15) is 0 Å². The molecule has 0 aromatic heterocycles. The van der Waals surface area contributed by atoms with Crippen LogP contribution in [0.3, 0.4) is 0 Å². The molecule has 0 N–H and O–H groups in total. The van der Waals surface area contributed by atoms with Gasteiger partial charge in [0.1, 0.15) is 5.82 Å². The lowest BCUT2D eigenvalue weighted by Gasteiger charge is -2.42. The van der Waals surface area contributed by atoms with Crippen molar-refractivity contribution in [2.24, 2.45) is 17.8 Å². The van der Waals surface area contributed by atoms with Crippen molar-refractivity contribution in [3.05, 3.63) is 59.9 Å². The van der Waals surface area contributed by atoms with E-state index in [2.05, 4.69) is 31.2 Å². The van der Waals surface area contributed by atoms with Crippen LogP contribution in [0.5, 0.6) is 0 Å². The van der Waals surface area contributed by atoms with E-state index in [4.69, 9.17) is 0 Å². The highest BCUT2D eigenvalue weighted by molar-refractivity contribution is 5.63. The Labute approximate surface area is 151 Å². The summed E-state index contributed by atoms with van der Waals surface area (Å²) >= 11 is 0. The molecule has 0 radical (unpaired) electrons. The van der Waals surface area contributed by atoms with E-state index in [1.165, 1.54) is 68.2 Å². The number of halogens is 1. The van der Waals surface area contributed by atoms with Crippen LogP contribution in [0.4, 0.5) is 4.39 Å². The van der Waals surface area contributed by atoms with Crippen molar-refractivity contribution in [3.8, 4) is 11.1 Å². The molecule has 2 aromatic rings. The zero-order valence-electron chi connectivity index (χ0n) is 15.3. The molecule has 0 bridgehead atoms. The Bertz CT molecular complexity index is 685. The standard InChI is InChI=1S/C24H29F/c1-2-17-3-4-23-16-22(10-9-21(23)15-17)20-7-5-18(6-8-20)19-11-13-24(25)14-12-19/h5-8,11-14,17,21-23H,2-4,9-10,15-16H2,1H3. The van der Waals surface area contributed by atoms with Crippen molar-refractivity contribution >= 4 is 0 Å². The second kappa shape index (κ2) is 7.32. The first kappa shape index (κ1) is 16.8. The summed E-state index contributed by atoms with van der Waals surface area (Å²) in [5.41, 5.74) is 3.78. The predicted molar refractivity (Wildman–Crippen MR) is 103 cm³/mol. The van der Waals surface area contributed by atoms with Crippen LogP contribution in [-0.2, 0) is 0 Å². The molecule has 2 aliphatic rings. The lowest BCUT2D eigenvalue weighted by atomic mass is 9.63. The number of fused-ring (bicyclic) bond motifs is 1. The molecule has 0 heterocycles. The van der Waals surface area contributed by atoms with Crippen LogP contribution in [-0.4, -0.2) is 0 Å². The van der Waals surface area contributed by atoms with Gasteiger partial charge < -0.3 is 0 Å². The van der Waals surface area contributed by atoms with E-state index in [-0.39, 0.29) is 5.82 Å². The van der Waals surface area contributed by atoms with Gasteiger partial charge in [-0.3, -0.25) is 0 Å². The smallest absolute Gasteiger partial charge is 0.123 e. The Morgan fingerprint density at radius 3 is 2.04 bits per heavy atom. The first-order valence-corrected chi connectivity index (χ1v) is 10.1. The largest absolute Gasteiger partial charge is 0.207 e. The summed E-state index contributed by atoms with van der Waals surface area (Å²) in [6, 6.07) is 15.8. The molecule has 4 unspecified atom stereocenters. The summed E-state index contributed by atoms with van der Waals surface area (Å²) in [5, 5.41) is 0. The van der Waals surface area contributed by atoms with Gasteiger partial charge in [-0.05, 0) is 84.6 Å². The Morgan fingerprint density at radius 1 is 0.760 bits per heavy atom. The van der Waals surface area contributed by atoms with Crippen LogP contribution in [0.25, 0.3) is 11.1 Å². The first-order chi connectivity index (χ1) is 12.2. The lowest BCUT2D eigenvalue weighted by molar-refractivity contribution is 0.116. The van der Waals surface area contributed by atoms with Gasteiger partial charge >= 0.3 is 0 Å². The fourth-order valence-corrected chi connectivity index (χ4v) is 5.25. The minimum Gasteiger partial charge on any atom is -0.207 e. The minimum absolute atomic E-state index is 0.171. The molecular weight excluding hydrogens is 307 g/mol. The van der Waals surface area contributed by atoms with Crippen molar-refractivity contribution in [1.29, 1.82) is 0 Å². The lowest BCUT2D eigenvalue weighted by Crippen LogP contribution is -2.30. The van der Waals surface area contributed by atoms with Crippen molar-refractivity contribution in [2.75, 3.05) is 0 Å². The number of hydrogen-bond donors (Lipinski definition) is 0. The molecule has 0 spiro atoms. The topological polar surface area (TPSA) is 0 Å².